The van der Waals surface area contributed by atoms with Crippen molar-refractivity contribution in [2.24, 2.45) is 22.7 Å². The summed E-state index contributed by atoms with van der Waals surface area (Å²) in [7, 11) is 0. The Bertz CT molecular complexity index is 1750. The number of carbonyl (C=O) groups excluding carboxylic acids is 1. The van der Waals surface area contributed by atoms with Crippen molar-refractivity contribution in [3.8, 4) is 11.5 Å². The second-order valence-electron chi connectivity index (χ2n) is 14.6. The highest BCUT2D eigenvalue weighted by Crippen LogP contribution is 2.71. The lowest BCUT2D eigenvalue weighted by atomic mass is 9.70. The molecule has 4 aromatic carbocycles. The van der Waals surface area contributed by atoms with Gasteiger partial charge in [-0.05, 0) is 69.9 Å². The predicted octanol–water partition coefficient (Wildman–Crippen LogP) is 9.67. The minimum absolute atomic E-state index is 0.106. The number of fused-ring (bicyclic) bond motifs is 5. The lowest BCUT2D eigenvalue weighted by molar-refractivity contribution is -0.186. The smallest absolute Gasteiger partial charge is 0.407 e. The van der Waals surface area contributed by atoms with Gasteiger partial charge in [0.05, 0.1) is 17.7 Å². The van der Waals surface area contributed by atoms with Gasteiger partial charge in [0.2, 0.25) is 0 Å². The third kappa shape index (κ3) is 7.09. The molecule has 0 unspecified atom stereocenters. The first-order chi connectivity index (χ1) is 24.2. The van der Waals surface area contributed by atoms with Gasteiger partial charge in [-0.25, -0.2) is 4.79 Å². The van der Waals surface area contributed by atoms with Crippen molar-refractivity contribution in [1.29, 1.82) is 0 Å². The number of rotatable bonds is 13. The zero-order valence-electron chi connectivity index (χ0n) is 29.0. The van der Waals surface area contributed by atoms with E-state index in [1.54, 1.807) is 0 Å². The van der Waals surface area contributed by atoms with Crippen molar-refractivity contribution in [2.45, 2.75) is 78.4 Å². The average Bonchev–Trinajstić information content (AvgIpc) is 3.71. The maximum Gasteiger partial charge on any atom is 0.407 e. The van der Waals surface area contributed by atoms with Crippen molar-refractivity contribution in [2.75, 3.05) is 6.54 Å². The molecule has 0 radical (unpaired) electrons. The molecule has 1 saturated heterocycles. The molecular weight excluding hydrogens is 650 g/mol. The molecule has 4 aromatic rings. The highest BCUT2D eigenvalue weighted by atomic mass is 35.5. The van der Waals surface area contributed by atoms with E-state index in [1.807, 2.05) is 103 Å². The number of hydrogen-bond acceptors (Lipinski definition) is 6. The maximum atomic E-state index is 12.9. The normalized spacial score (nSPS) is 25.1. The third-order valence-electron chi connectivity index (χ3n) is 11.5. The number of carbonyl (C=O) groups is 1. The fourth-order valence-electron chi connectivity index (χ4n) is 8.44. The van der Waals surface area contributed by atoms with Gasteiger partial charge in [0.15, 0.2) is 17.8 Å². The Morgan fingerprint density at radius 1 is 0.860 bits per heavy atom. The van der Waals surface area contributed by atoms with Crippen LogP contribution in [0.25, 0.3) is 0 Å². The molecule has 2 aliphatic carbocycles. The summed E-state index contributed by atoms with van der Waals surface area (Å²) in [5.74, 6) is 1.98. The number of halogens is 1. The first-order valence-electron chi connectivity index (χ1n) is 17.6. The van der Waals surface area contributed by atoms with E-state index in [2.05, 4.69) is 26.1 Å². The molecule has 0 spiro atoms. The molecule has 50 heavy (non-hydrogen) atoms. The van der Waals surface area contributed by atoms with Gasteiger partial charge >= 0.3 is 6.09 Å². The summed E-state index contributed by atoms with van der Waals surface area (Å²) in [5, 5.41) is 3.31. The topological polar surface area (TPSA) is 75.3 Å². The van der Waals surface area contributed by atoms with Gasteiger partial charge in [-0.2, -0.15) is 0 Å². The zero-order valence-corrected chi connectivity index (χ0v) is 29.7. The molecule has 1 aliphatic heterocycles. The number of ether oxygens (including phenoxy) is 5. The highest BCUT2D eigenvalue weighted by molar-refractivity contribution is 6.32. The predicted molar refractivity (Wildman–Crippen MR) is 193 cm³/mol. The molecule has 1 N–H and O–H groups in total. The number of nitrogens with one attached hydrogen (secondary N) is 1. The van der Waals surface area contributed by atoms with E-state index in [-0.39, 0.29) is 30.1 Å². The molecule has 1 amide bonds. The van der Waals surface area contributed by atoms with Crippen LogP contribution in [0.4, 0.5) is 4.79 Å². The van der Waals surface area contributed by atoms with E-state index < -0.39 is 18.5 Å². The van der Waals surface area contributed by atoms with Gasteiger partial charge in [0.25, 0.3) is 0 Å². The molecule has 262 valence electrons. The number of hydrogen-bond donors (Lipinski definition) is 1. The van der Waals surface area contributed by atoms with Crippen molar-refractivity contribution in [3.05, 3.63) is 130 Å². The monoisotopic (exact) mass is 695 g/mol. The Balaban J connectivity index is 1.13. The van der Waals surface area contributed by atoms with Gasteiger partial charge in [0.1, 0.15) is 25.9 Å². The quantitative estimate of drug-likeness (QED) is 0.150. The first kappa shape index (κ1) is 34.4. The summed E-state index contributed by atoms with van der Waals surface area (Å²) in [5.41, 5.74) is 4.00. The van der Waals surface area contributed by atoms with Crippen LogP contribution >= 0.6 is 11.6 Å². The van der Waals surface area contributed by atoms with Crippen molar-refractivity contribution in [3.63, 3.8) is 0 Å². The van der Waals surface area contributed by atoms with E-state index in [1.165, 1.54) is 12.8 Å². The van der Waals surface area contributed by atoms with Crippen LogP contribution in [-0.2, 0) is 34.0 Å². The summed E-state index contributed by atoms with van der Waals surface area (Å²) in [6, 6.07) is 33.2. The van der Waals surface area contributed by atoms with Crippen LogP contribution in [0.2, 0.25) is 5.02 Å². The van der Waals surface area contributed by atoms with Gasteiger partial charge < -0.3 is 29.0 Å². The Morgan fingerprint density at radius 2 is 1.46 bits per heavy atom. The minimum Gasteiger partial charge on any atom is -0.485 e. The van der Waals surface area contributed by atoms with Crippen LogP contribution in [0.3, 0.4) is 0 Å². The molecule has 8 heteroatoms. The van der Waals surface area contributed by atoms with E-state index in [4.69, 9.17) is 35.3 Å². The molecule has 1 heterocycles. The van der Waals surface area contributed by atoms with Crippen LogP contribution in [-0.4, -0.2) is 25.0 Å². The van der Waals surface area contributed by atoms with E-state index in [0.717, 1.165) is 28.7 Å². The molecule has 6 atom stereocenters. The summed E-state index contributed by atoms with van der Waals surface area (Å²) in [6.07, 6.45) is 1.80. The summed E-state index contributed by atoms with van der Waals surface area (Å²) < 4.78 is 31.7. The molecule has 7 nitrogen and oxygen atoms in total. The molecular formula is C42H46ClNO6. The lowest BCUT2D eigenvalue weighted by Gasteiger charge is -2.39. The van der Waals surface area contributed by atoms with Gasteiger partial charge in [-0.15, -0.1) is 0 Å². The standard InChI is InChI=1S/C42H46ClNO6/c1-41(2)33-19-20-42(41,3)39-32(33)23-37(50-39)49-36(24-44-40(45)48-27-30-17-11-6-12-18-30)31-21-34(43)38(47-26-29-15-9-5-10-16-29)35(22-31)46-25-28-13-7-4-8-14-28/h4-18,21-22,32-33,36-37,39H,19-20,23-27H2,1-3H3,(H,44,45)/t32-,33-,36-,37-,39-,42+/m1/s1. The minimum atomic E-state index is -0.596. The number of amides is 1. The third-order valence-corrected chi connectivity index (χ3v) is 11.8. The van der Waals surface area contributed by atoms with Crippen LogP contribution in [0.5, 0.6) is 11.5 Å². The Hall–Kier alpha value is -4.04. The van der Waals surface area contributed by atoms with Gasteiger partial charge in [-0.3, -0.25) is 0 Å². The molecule has 2 saturated carbocycles. The number of benzene rings is 4. The van der Waals surface area contributed by atoms with Crippen molar-refractivity contribution < 1.29 is 28.5 Å². The Morgan fingerprint density at radius 3 is 2.08 bits per heavy atom. The van der Waals surface area contributed by atoms with Crippen LogP contribution < -0.4 is 14.8 Å². The van der Waals surface area contributed by atoms with E-state index in [9.17, 15) is 4.79 Å². The Kier molecular flexibility index (Phi) is 10.1. The number of alkyl carbamates (subject to hydrolysis) is 1. The summed E-state index contributed by atoms with van der Waals surface area (Å²) in [6.45, 7) is 8.14. The first-order valence-corrected chi connectivity index (χ1v) is 18.0. The highest BCUT2D eigenvalue weighted by Gasteiger charge is 2.69. The summed E-state index contributed by atoms with van der Waals surface area (Å²) in [4.78, 5) is 12.9. The van der Waals surface area contributed by atoms with Crippen molar-refractivity contribution >= 4 is 17.7 Å². The fraction of sp³-hybridized carbons (Fsp3) is 0.405. The van der Waals surface area contributed by atoms with Crippen LogP contribution in [0.15, 0.2) is 103 Å². The average molecular weight is 696 g/mol. The second kappa shape index (κ2) is 14.7. The van der Waals surface area contributed by atoms with Crippen molar-refractivity contribution in [1.82, 2.24) is 5.32 Å². The van der Waals surface area contributed by atoms with Crippen LogP contribution in [0, 0.1) is 22.7 Å². The van der Waals surface area contributed by atoms with Gasteiger partial charge in [-0.1, -0.05) is 123 Å². The van der Waals surface area contributed by atoms with Crippen LogP contribution in [0.1, 0.15) is 68.4 Å². The Labute approximate surface area is 300 Å². The maximum absolute atomic E-state index is 12.9. The van der Waals surface area contributed by atoms with Gasteiger partial charge in [0, 0.05) is 6.42 Å². The molecule has 0 aromatic heterocycles. The van der Waals surface area contributed by atoms with E-state index >= 15 is 0 Å². The second-order valence-corrected chi connectivity index (χ2v) is 15.0. The zero-order chi connectivity index (χ0) is 34.7. The molecule has 3 aliphatic rings. The summed E-state index contributed by atoms with van der Waals surface area (Å²) >= 11 is 6.99. The SMILES string of the molecule is CC1(C)[C@@H]2CC[C@@]1(C)[C@@H]1O[C@@H](O[C@H](CNC(=O)OCc3ccccc3)c3cc(Cl)c(OCc4ccccc4)c(OCc4ccccc4)c3)C[C@H]21. The van der Waals surface area contributed by atoms with E-state index in [0.29, 0.717) is 41.6 Å². The lowest BCUT2D eigenvalue weighted by Crippen LogP contribution is -2.38. The largest absolute Gasteiger partial charge is 0.485 e. The molecule has 7 rings (SSSR count). The molecule has 3 fully saturated rings. The fourth-order valence-corrected chi connectivity index (χ4v) is 8.71. The molecule has 2 bridgehead atoms.